The minimum Gasteiger partial charge on any atom is -0.339 e. The summed E-state index contributed by atoms with van der Waals surface area (Å²) < 4.78 is 17.9. The molecule has 16 heavy (non-hydrogen) atoms. The molecule has 5 heteroatoms. The van der Waals surface area contributed by atoms with Crippen molar-refractivity contribution in [3.8, 4) is 0 Å². The van der Waals surface area contributed by atoms with E-state index in [-0.39, 0.29) is 5.82 Å². The molecule has 0 N–H and O–H groups in total. The summed E-state index contributed by atoms with van der Waals surface area (Å²) in [4.78, 5) is 4.14. The molecule has 0 saturated carbocycles. The van der Waals surface area contributed by atoms with Crippen LogP contribution in [0.3, 0.4) is 0 Å². The fourth-order valence-corrected chi connectivity index (χ4v) is 1.54. The Labute approximate surface area is 97.2 Å². The Kier molecular flexibility index (Phi) is 3.51. The van der Waals surface area contributed by atoms with E-state index in [9.17, 15) is 4.39 Å². The normalized spacial score (nSPS) is 10.6. The Morgan fingerprint density at radius 1 is 1.38 bits per heavy atom. The van der Waals surface area contributed by atoms with Gasteiger partial charge in [-0.05, 0) is 17.7 Å². The summed E-state index contributed by atoms with van der Waals surface area (Å²) in [5.74, 6) is 1.25. The van der Waals surface area contributed by atoms with Gasteiger partial charge in [0.2, 0.25) is 5.89 Å². The molecule has 2 aromatic rings. The number of aryl methyl sites for hydroxylation is 1. The van der Waals surface area contributed by atoms with Crippen molar-refractivity contribution < 1.29 is 8.91 Å². The van der Waals surface area contributed by atoms with Crippen molar-refractivity contribution >= 4 is 11.6 Å². The summed E-state index contributed by atoms with van der Waals surface area (Å²) in [6.07, 6.45) is 1.02. The highest BCUT2D eigenvalue weighted by atomic mass is 35.5. The Morgan fingerprint density at radius 2 is 2.25 bits per heavy atom. The fraction of sp³-hybridized carbons (Fsp3) is 0.273. The highest BCUT2D eigenvalue weighted by Crippen LogP contribution is 2.09. The molecule has 0 fully saturated rings. The first-order chi connectivity index (χ1) is 7.78. The Balaban J connectivity index is 2.08. The topological polar surface area (TPSA) is 38.9 Å². The highest BCUT2D eigenvalue weighted by Gasteiger charge is 2.06. The van der Waals surface area contributed by atoms with E-state index in [2.05, 4.69) is 10.1 Å². The summed E-state index contributed by atoms with van der Waals surface area (Å²) in [5, 5.41) is 3.79. The minimum atomic E-state index is -0.262. The van der Waals surface area contributed by atoms with E-state index >= 15 is 0 Å². The van der Waals surface area contributed by atoms with Crippen molar-refractivity contribution in [2.45, 2.75) is 12.8 Å². The molecule has 0 aliphatic heterocycles. The lowest BCUT2D eigenvalue weighted by Gasteiger charge is -1.95. The number of nitrogens with zero attached hydrogens (tertiary/aromatic N) is 2. The van der Waals surface area contributed by atoms with Crippen LogP contribution in [0.1, 0.15) is 17.3 Å². The molecule has 0 amide bonds. The summed E-state index contributed by atoms with van der Waals surface area (Å²) >= 11 is 5.55. The molecule has 2 rings (SSSR count). The van der Waals surface area contributed by atoms with Gasteiger partial charge in [-0.2, -0.15) is 4.98 Å². The maximum absolute atomic E-state index is 12.9. The Hall–Kier alpha value is -1.42. The van der Waals surface area contributed by atoms with Crippen LogP contribution in [0.4, 0.5) is 4.39 Å². The van der Waals surface area contributed by atoms with Crippen LogP contribution in [0.5, 0.6) is 0 Å². The molecule has 0 unspecified atom stereocenters. The molecule has 1 heterocycles. The number of hydrogen-bond donors (Lipinski definition) is 0. The predicted octanol–water partition coefficient (Wildman–Crippen LogP) is 2.58. The van der Waals surface area contributed by atoms with Gasteiger partial charge in [0.15, 0.2) is 5.82 Å². The van der Waals surface area contributed by atoms with Gasteiger partial charge in [0.1, 0.15) is 5.82 Å². The molecule has 0 aliphatic carbocycles. The van der Waals surface area contributed by atoms with Gasteiger partial charge in [0, 0.05) is 18.7 Å². The monoisotopic (exact) mass is 240 g/mol. The van der Waals surface area contributed by atoms with Gasteiger partial charge in [0.05, 0.1) is 0 Å². The first kappa shape index (κ1) is 11.1. The van der Waals surface area contributed by atoms with E-state index in [0.717, 1.165) is 5.56 Å². The average Bonchev–Trinajstić information content (AvgIpc) is 2.66. The molecule has 0 spiro atoms. The minimum absolute atomic E-state index is 0.262. The smallest absolute Gasteiger partial charge is 0.227 e. The Bertz CT molecular complexity index is 473. The predicted molar refractivity (Wildman–Crippen MR) is 57.9 cm³/mol. The van der Waals surface area contributed by atoms with Gasteiger partial charge in [0.25, 0.3) is 0 Å². The molecule has 0 bridgehead atoms. The quantitative estimate of drug-likeness (QED) is 0.771. The van der Waals surface area contributed by atoms with Crippen molar-refractivity contribution in [3.05, 3.63) is 47.4 Å². The standard InChI is InChI=1S/C11H10ClFN2O/c12-5-4-11-14-10(15-16-11)7-8-2-1-3-9(13)6-8/h1-3,6H,4-5,7H2. The average molecular weight is 241 g/mol. The first-order valence-electron chi connectivity index (χ1n) is 4.90. The zero-order chi connectivity index (χ0) is 11.4. The van der Waals surface area contributed by atoms with E-state index < -0.39 is 0 Å². The van der Waals surface area contributed by atoms with E-state index in [1.165, 1.54) is 12.1 Å². The van der Waals surface area contributed by atoms with E-state index in [4.69, 9.17) is 16.1 Å². The molecule has 84 valence electrons. The lowest BCUT2D eigenvalue weighted by Crippen LogP contribution is -1.92. The maximum atomic E-state index is 12.9. The van der Waals surface area contributed by atoms with Crippen LogP contribution in [0, 0.1) is 5.82 Å². The third-order valence-electron chi connectivity index (χ3n) is 2.07. The SMILES string of the molecule is Fc1cccc(Cc2noc(CCCl)n2)c1. The first-order valence-corrected chi connectivity index (χ1v) is 5.43. The van der Waals surface area contributed by atoms with Crippen LogP contribution in [0.2, 0.25) is 0 Å². The van der Waals surface area contributed by atoms with Gasteiger partial charge in [-0.25, -0.2) is 4.39 Å². The number of rotatable bonds is 4. The van der Waals surface area contributed by atoms with Crippen molar-refractivity contribution in [3.63, 3.8) is 0 Å². The number of aromatic nitrogens is 2. The van der Waals surface area contributed by atoms with E-state index in [0.29, 0.717) is 30.4 Å². The van der Waals surface area contributed by atoms with Crippen molar-refractivity contribution in [2.24, 2.45) is 0 Å². The van der Waals surface area contributed by atoms with Crippen LogP contribution >= 0.6 is 11.6 Å². The van der Waals surface area contributed by atoms with Crippen LogP contribution < -0.4 is 0 Å². The number of halogens is 2. The largest absolute Gasteiger partial charge is 0.339 e. The molecule has 0 radical (unpaired) electrons. The fourth-order valence-electron chi connectivity index (χ4n) is 1.37. The second-order valence-corrected chi connectivity index (χ2v) is 3.73. The zero-order valence-electron chi connectivity index (χ0n) is 8.49. The van der Waals surface area contributed by atoms with Crippen LogP contribution in [0.15, 0.2) is 28.8 Å². The molecule has 3 nitrogen and oxygen atoms in total. The highest BCUT2D eigenvalue weighted by molar-refractivity contribution is 6.17. The Morgan fingerprint density at radius 3 is 3.00 bits per heavy atom. The second-order valence-electron chi connectivity index (χ2n) is 3.35. The van der Waals surface area contributed by atoms with Gasteiger partial charge in [-0.15, -0.1) is 11.6 Å². The number of benzene rings is 1. The maximum Gasteiger partial charge on any atom is 0.227 e. The van der Waals surface area contributed by atoms with E-state index in [1.807, 2.05) is 6.07 Å². The number of hydrogen-bond acceptors (Lipinski definition) is 3. The lowest BCUT2D eigenvalue weighted by atomic mass is 10.1. The molecular formula is C11H10ClFN2O. The lowest BCUT2D eigenvalue weighted by molar-refractivity contribution is 0.378. The third kappa shape index (κ3) is 2.79. The van der Waals surface area contributed by atoms with Gasteiger partial charge >= 0.3 is 0 Å². The molecule has 1 aromatic heterocycles. The van der Waals surface area contributed by atoms with Gasteiger partial charge in [-0.3, -0.25) is 0 Å². The van der Waals surface area contributed by atoms with Gasteiger partial charge < -0.3 is 4.52 Å². The van der Waals surface area contributed by atoms with Crippen molar-refractivity contribution in [1.82, 2.24) is 10.1 Å². The molecule has 1 aromatic carbocycles. The molecule has 0 aliphatic rings. The van der Waals surface area contributed by atoms with Crippen LogP contribution in [-0.2, 0) is 12.8 Å². The van der Waals surface area contributed by atoms with Gasteiger partial charge in [-0.1, -0.05) is 17.3 Å². The molecule has 0 saturated heterocycles. The number of alkyl halides is 1. The molecule has 0 atom stereocenters. The van der Waals surface area contributed by atoms with E-state index in [1.54, 1.807) is 6.07 Å². The van der Waals surface area contributed by atoms with Crippen molar-refractivity contribution in [1.29, 1.82) is 0 Å². The molecular weight excluding hydrogens is 231 g/mol. The van der Waals surface area contributed by atoms with Crippen molar-refractivity contribution in [2.75, 3.05) is 5.88 Å². The zero-order valence-corrected chi connectivity index (χ0v) is 9.25. The summed E-state index contributed by atoms with van der Waals surface area (Å²) in [6.45, 7) is 0. The summed E-state index contributed by atoms with van der Waals surface area (Å²) in [7, 11) is 0. The van der Waals surface area contributed by atoms with Crippen LogP contribution in [0.25, 0.3) is 0 Å². The van der Waals surface area contributed by atoms with Crippen LogP contribution in [-0.4, -0.2) is 16.0 Å². The summed E-state index contributed by atoms with van der Waals surface area (Å²) in [5.41, 5.74) is 0.818. The third-order valence-corrected chi connectivity index (χ3v) is 2.26. The summed E-state index contributed by atoms with van der Waals surface area (Å²) in [6, 6.07) is 6.33. The second kappa shape index (κ2) is 5.07.